The number of hydrogen-bond donors (Lipinski definition) is 1. The van der Waals surface area contributed by atoms with E-state index in [4.69, 9.17) is 21.1 Å². The van der Waals surface area contributed by atoms with Gasteiger partial charge in [0.15, 0.2) is 16.6 Å². The van der Waals surface area contributed by atoms with Crippen LogP contribution in [0.2, 0.25) is 5.02 Å². The minimum atomic E-state index is -0.265. The summed E-state index contributed by atoms with van der Waals surface area (Å²) >= 11 is 7.50. The number of nitrogens with zero attached hydrogens (tertiary/aromatic N) is 1. The van der Waals surface area contributed by atoms with Gasteiger partial charge in [0, 0.05) is 5.56 Å². The number of carbonyl (C=O) groups excluding carboxylic acids is 1. The number of rotatable bonds is 6. The van der Waals surface area contributed by atoms with Crippen molar-refractivity contribution in [2.24, 2.45) is 0 Å². The van der Waals surface area contributed by atoms with Gasteiger partial charge >= 0.3 is 0 Å². The van der Waals surface area contributed by atoms with Crippen molar-refractivity contribution in [3.63, 3.8) is 0 Å². The third-order valence-electron chi connectivity index (χ3n) is 3.40. The third-order valence-corrected chi connectivity index (χ3v) is 4.64. The van der Waals surface area contributed by atoms with Crippen molar-refractivity contribution in [3.05, 3.63) is 47.0 Å². The largest absolute Gasteiger partial charge is 0.490 e. The number of para-hydroxylation sites is 1. The number of halogens is 1. The maximum absolute atomic E-state index is 12.5. The molecule has 0 aliphatic rings. The summed E-state index contributed by atoms with van der Waals surface area (Å²) in [4.78, 5) is 16.9. The van der Waals surface area contributed by atoms with Crippen LogP contribution in [-0.2, 0) is 0 Å². The molecule has 0 aliphatic carbocycles. The smallest absolute Gasteiger partial charge is 0.257 e. The van der Waals surface area contributed by atoms with Crippen molar-refractivity contribution in [1.82, 2.24) is 4.98 Å². The lowest BCUT2D eigenvalue weighted by Gasteiger charge is -2.12. The second-order valence-electron chi connectivity index (χ2n) is 5.09. The van der Waals surface area contributed by atoms with Crippen LogP contribution < -0.4 is 14.8 Å². The molecular formula is C18H17ClN2O3S. The van der Waals surface area contributed by atoms with E-state index in [1.807, 2.05) is 26.0 Å². The Morgan fingerprint density at radius 1 is 1.16 bits per heavy atom. The summed E-state index contributed by atoms with van der Waals surface area (Å²) in [6.45, 7) is 4.79. The van der Waals surface area contributed by atoms with Crippen molar-refractivity contribution in [2.45, 2.75) is 13.8 Å². The molecule has 0 atom stereocenters. The highest BCUT2D eigenvalue weighted by Gasteiger charge is 2.14. The first-order valence-electron chi connectivity index (χ1n) is 7.88. The summed E-state index contributed by atoms with van der Waals surface area (Å²) in [5, 5.41) is 3.87. The Hall–Kier alpha value is -2.31. The van der Waals surface area contributed by atoms with E-state index >= 15 is 0 Å². The molecule has 1 aromatic heterocycles. The van der Waals surface area contributed by atoms with Gasteiger partial charge in [0.05, 0.1) is 22.9 Å². The third kappa shape index (κ3) is 3.86. The maximum atomic E-state index is 12.5. The zero-order valence-electron chi connectivity index (χ0n) is 13.8. The molecular weight excluding hydrogens is 360 g/mol. The minimum absolute atomic E-state index is 0.265. The molecule has 7 heteroatoms. The van der Waals surface area contributed by atoms with E-state index in [1.54, 1.807) is 24.3 Å². The molecule has 0 bridgehead atoms. The van der Waals surface area contributed by atoms with Crippen LogP contribution in [-0.4, -0.2) is 24.1 Å². The van der Waals surface area contributed by atoms with Crippen molar-refractivity contribution < 1.29 is 14.3 Å². The molecule has 0 aliphatic heterocycles. The number of benzene rings is 2. The van der Waals surface area contributed by atoms with E-state index in [-0.39, 0.29) is 5.91 Å². The Balaban J connectivity index is 1.84. The van der Waals surface area contributed by atoms with Crippen molar-refractivity contribution in [3.8, 4) is 11.5 Å². The number of anilines is 1. The number of hydrogen-bond acceptors (Lipinski definition) is 5. The van der Waals surface area contributed by atoms with Gasteiger partial charge < -0.3 is 9.47 Å². The Morgan fingerprint density at radius 3 is 2.64 bits per heavy atom. The molecule has 0 spiro atoms. The molecule has 1 heterocycles. The standard InChI is InChI=1S/C18H17ClN2O3S/c1-3-23-13-9-8-11(10-14(13)24-4-2)17(22)21-18-20-16-12(19)6-5-7-15(16)25-18/h5-10H,3-4H2,1-2H3,(H,20,21,22). The molecule has 1 N–H and O–H groups in total. The Kier molecular flexibility index (Phi) is 5.40. The number of nitrogens with one attached hydrogen (secondary N) is 1. The van der Waals surface area contributed by atoms with Gasteiger partial charge in [0.1, 0.15) is 5.52 Å². The van der Waals surface area contributed by atoms with Gasteiger partial charge in [-0.1, -0.05) is 29.0 Å². The number of thiazole rings is 1. The zero-order valence-corrected chi connectivity index (χ0v) is 15.4. The van der Waals surface area contributed by atoms with Crippen LogP contribution in [0.5, 0.6) is 11.5 Å². The van der Waals surface area contributed by atoms with E-state index < -0.39 is 0 Å². The van der Waals surface area contributed by atoms with Gasteiger partial charge in [0.2, 0.25) is 0 Å². The monoisotopic (exact) mass is 376 g/mol. The molecule has 1 amide bonds. The average Bonchev–Trinajstić information content (AvgIpc) is 3.01. The summed E-state index contributed by atoms with van der Waals surface area (Å²) < 4.78 is 12.0. The van der Waals surface area contributed by atoms with Gasteiger partial charge in [-0.05, 0) is 44.2 Å². The van der Waals surface area contributed by atoms with Gasteiger partial charge in [-0.2, -0.15) is 0 Å². The molecule has 3 rings (SSSR count). The maximum Gasteiger partial charge on any atom is 0.257 e. The second-order valence-corrected chi connectivity index (χ2v) is 6.53. The first-order chi connectivity index (χ1) is 12.1. The lowest BCUT2D eigenvalue weighted by molar-refractivity contribution is 0.102. The van der Waals surface area contributed by atoms with E-state index in [0.29, 0.717) is 45.9 Å². The summed E-state index contributed by atoms with van der Waals surface area (Å²) in [6.07, 6.45) is 0. The Morgan fingerprint density at radius 2 is 1.92 bits per heavy atom. The van der Waals surface area contributed by atoms with Gasteiger partial charge in [-0.15, -0.1) is 0 Å². The fraction of sp³-hybridized carbons (Fsp3) is 0.222. The van der Waals surface area contributed by atoms with Crippen LogP contribution in [0.15, 0.2) is 36.4 Å². The Bertz CT molecular complexity index is 910. The van der Waals surface area contributed by atoms with Gasteiger partial charge in [0.25, 0.3) is 5.91 Å². The second kappa shape index (κ2) is 7.72. The van der Waals surface area contributed by atoms with Crippen LogP contribution in [0.1, 0.15) is 24.2 Å². The van der Waals surface area contributed by atoms with E-state index in [9.17, 15) is 4.79 Å². The average molecular weight is 377 g/mol. The van der Waals surface area contributed by atoms with Crippen molar-refractivity contribution in [2.75, 3.05) is 18.5 Å². The number of fused-ring (bicyclic) bond motifs is 1. The van der Waals surface area contributed by atoms with Gasteiger partial charge in [-0.3, -0.25) is 10.1 Å². The molecule has 3 aromatic rings. The highest BCUT2D eigenvalue weighted by molar-refractivity contribution is 7.22. The van der Waals surface area contributed by atoms with Crippen molar-refractivity contribution in [1.29, 1.82) is 0 Å². The molecule has 0 saturated carbocycles. The Labute approximate surface area is 154 Å². The molecule has 0 saturated heterocycles. The first-order valence-corrected chi connectivity index (χ1v) is 9.07. The highest BCUT2D eigenvalue weighted by atomic mass is 35.5. The van der Waals surface area contributed by atoms with Crippen LogP contribution in [0, 0.1) is 0 Å². The summed E-state index contributed by atoms with van der Waals surface area (Å²) in [7, 11) is 0. The summed E-state index contributed by atoms with van der Waals surface area (Å²) in [5.41, 5.74) is 1.16. The van der Waals surface area contributed by atoms with E-state index in [2.05, 4.69) is 10.3 Å². The fourth-order valence-corrected chi connectivity index (χ4v) is 3.49. The fourth-order valence-electron chi connectivity index (χ4n) is 2.33. The molecule has 0 fully saturated rings. The highest BCUT2D eigenvalue weighted by Crippen LogP contribution is 2.32. The SMILES string of the molecule is CCOc1ccc(C(=O)Nc2nc3c(Cl)cccc3s2)cc1OCC. The zero-order chi connectivity index (χ0) is 17.8. The van der Waals surface area contributed by atoms with Crippen molar-refractivity contribution >= 4 is 44.2 Å². The van der Waals surface area contributed by atoms with Crippen LogP contribution in [0.25, 0.3) is 10.2 Å². The van der Waals surface area contributed by atoms with Crippen LogP contribution in [0.4, 0.5) is 5.13 Å². The molecule has 0 radical (unpaired) electrons. The number of aromatic nitrogens is 1. The summed E-state index contributed by atoms with van der Waals surface area (Å²) in [6, 6.07) is 10.6. The molecule has 5 nitrogen and oxygen atoms in total. The predicted octanol–water partition coefficient (Wildman–Crippen LogP) is 5.00. The number of ether oxygens (including phenoxy) is 2. The van der Waals surface area contributed by atoms with Gasteiger partial charge in [-0.25, -0.2) is 4.98 Å². The van der Waals surface area contributed by atoms with Crippen LogP contribution in [0.3, 0.4) is 0 Å². The van der Waals surface area contributed by atoms with E-state index in [1.165, 1.54) is 11.3 Å². The lowest BCUT2D eigenvalue weighted by Crippen LogP contribution is -2.12. The predicted molar refractivity (Wildman–Crippen MR) is 101 cm³/mol. The number of carbonyl (C=O) groups is 1. The van der Waals surface area contributed by atoms with Crippen LogP contribution >= 0.6 is 22.9 Å². The minimum Gasteiger partial charge on any atom is -0.490 e. The molecule has 2 aromatic carbocycles. The molecule has 0 unspecified atom stereocenters. The first kappa shape index (κ1) is 17.5. The lowest BCUT2D eigenvalue weighted by atomic mass is 10.2. The molecule has 25 heavy (non-hydrogen) atoms. The normalized spacial score (nSPS) is 10.7. The topological polar surface area (TPSA) is 60.5 Å². The quantitative estimate of drug-likeness (QED) is 0.657. The molecule has 130 valence electrons. The summed E-state index contributed by atoms with van der Waals surface area (Å²) in [5.74, 6) is 0.899. The van der Waals surface area contributed by atoms with E-state index in [0.717, 1.165) is 4.70 Å². The number of amides is 1.